The standard InChI is InChI=1S/C14H23N3O3S/c1-4-11(5-2)17-10(3)12(8-16-17)14(20)15-6-7-21-9-13(18)19/h8,11H,4-7,9H2,1-3H3,(H,15,20)(H,18,19). The van der Waals surface area contributed by atoms with Crippen LogP contribution in [0.15, 0.2) is 6.20 Å². The van der Waals surface area contributed by atoms with Crippen LogP contribution in [0, 0.1) is 6.92 Å². The number of amides is 1. The molecular weight excluding hydrogens is 290 g/mol. The van der Waals surface area contributed by atoms with E-state index in [1.54, 1.807) is 6.20 Å². The summed E-state index contributed by atoms with van der Waals surface area (Å²) in [5.41, 5.74) is 1.46. The molecule has 1 aromatic heterocycles. The van der Waals surface area contributed by atoms with Gasteiger partial charge in [-0.2, -0.15) is 5.10 Å². The summed E-state index contributed by atoms with van der Waals surface area (Å²) in [6.45, 7) is 6.56. The van der Waals surface area contributed by atoms with Gasteiger partial charge in [0.15, 0.2) is 0 Å². The Morgan fingerprint density at radius 3 is 2.67 bits per heavy atom. The average Bonchev–Trinajstić information content (AvgIpc) is 2.82. The molecule has 0 fully saturated rings. The van der Waals surface area contributed by atoms with Crippen molar-refractivity contribution in [2.45, 2.75) is 39.7 Å². The minimum atomic E-state index is -0.839. The predicted octanol–water partition coefficient (Wildman–Crippen LogP) is 2.10. The van der Waals surface area contributed by atoms with Crippen molar-refractivity contribution in [1.29, 1.82) is 0 Å². The lowest BCUT2D eigenvalue weighted by atomic mass is 10.1. The van der Waals surface area contributed by atoms with Gasteiger partial charge in [-0.25, -0.2) is 0 Å². The molecule has 1 aromatic rings. The third-order valence-corrected chi connectivity index (χ3v) is 4.28. The Balaban J connectivity index is 2.53. The van der Waals surface area contributed by atoms with E-state index in [1.165, 1.54) is 11.8 Å². The van der Waals surface area contributed by atoms with E-state index in [0.717, 1.165) is 18.5 Å². The van der Waals surface area contributed by atoms with Crippen molar-refractivity contribution in [3.05, 3.63) is 17.5 Å². The molecule has 0 aliphatic heterocycles. The number of rotatable bonds is 9. The van der Waals surface area contributed by atoms with Gasteiger partial charge in [0, 0.05) is 18.0 Å². The highest BCUT2D eigenvalue weighted by atomic mass is 32.2. The molecule has 6 nitrogen and oxygen atoms in total. The van der Waals surface area contributed by atoms with Gasteiger partial charge in [-0.05, 0) is 19.8 Å². The van der Waals surface area contributed by atoms with Crippen LogP contribution in [0.3, 0.4) is 0 Å². The molecule has 1 heterocycles. The number of carbonyl (C=O) groups is 2. The lowest BCUT2D eigenvalue weighted by Gasteiger charge is -2.15. The summed E-state index contributed by atoms with van der Waals surface area (Å²) in [6, 6.07) is 0.317. The van der Waals surface area contributed by atoms with Crippen molar-refractivity contribution < 1.29 is 14.7 Å². The van der Waals surface area contributed by atoms with E-state index in [2.05, 4.69) is 24.3 Å². The van der Waals surface area contributed by atoms with Crippen LogP contribution in [0.4, 0.5) is 0 Å². The molecule has 0 unspecified atom stereocenters. The predicted molar refractivity (Wildman–Crippen MR) is 83.9 cm³/mol. The Morgan fingerprint density at radius 2 is 2.10 bits per heavy atom. The Kier molecular flexibility index (Phi) is 7.28. The molecule has 0 radical (unpaired) electrons. The summed E-state index contributed by atoms with van der Waals surface area (Å²) >= 11 is 1.28. The summed E-state index contributed by atoms with van der Waals surface area (Å²) in [5, 5.41) is 15.6. The van der Waals surface area contributed by atoms with Crippen molar-refractivity contribution in [2.24, 2.45) is 0 Å². The van der Waals surface area contributed by atoms with Crippen LogP contribution in [-0.2, 0) is 4.79 Å². The van der Waals surface area contributed by atoms with Gasteiger partial charge in [0.05, 0.1) is 23.6 Å². The molecule has 0 atom stereocenters. The van der Waals surface area contributed by atoms with Gasteiger partial charge >= 0.3 is 5.97 Å². The normalized spacial score (nSPS) is 10.9. The summed E-state index contributed by atoms with van der Waals surface area (Å²) in [6.07, 6.45) is 3.56. The van der Waals surface area contributed by atoms with Crippen LogP contribution in [0.5, 0.6) is 0 Å². The van der Waals surface area contributed by atoms with Gasteiger partial charge in [0.2, 0.25) is 0 Å². The molecule has 7 heteroatoms. The first-order valence-corrected chi connectivity index (χ1v) is 8.28. The molecule has 0 spiro atoms. The maximum absolute atomic E-state index is 12.1. The molecule has 2 N–H and O–H groups in total. The highest BCUT2D eigenvalue weighted by Gasteiger charge is 2.17. The number of nitrogens with one attached hydrogen (secondary N) is 1. The fourth-order valence-electron chi connectivity index (χ4n) is 2.14. The second kappa shape index (κ2) is 8.71. The number of aromatic nitrogens is 2. The molecule has 0 aliphatic carbocycles. The monoisotopic (exact) mass is 313 g/mol. The van der Waals surface area contributed by atoms with Crippen LogP contribution < -0.4 is 5.32 Å². The quantitative estimate of drug-likeness (QED) is 0.682. The van der Waals surface area contributed by atoms with Gasteiger partial charge in [-0.3, -0.25) is 14.3 Å². The van der Waals surface area contributed by atoms with E-state index < -0.39 is 5.97 Å². The van der Waals surface area contributed by atoms with Crippen molar-refractivity contribution >= 4 is 23.6 Å². The molecule has 0 saturated carbocycles. The lowest BCUT2D eigenvalue weighted by molar-refractivity contribution is -0.133. The second-order valence-corrected chi connectivity index (χ2v) is 5.87. The van der Waals surface area contributed by atoms with Gasteiger partial charge < -0.3 is 10.4 Å². The largest absolute Gasteiger partial charge is 0.481 e. The minimum absolute atomic E-state index is 0.0571. The van der Waals surface area contributed by atoms with E-state index in [-0.39, 0.29) is 11.7 Å². The maximum atomic E-state index is 12.1. The fraction of sp³-hybridized carbons (Fsp3) is 0.643. The van der Waals surface area contributed by atoms with Crippen LogP contribution in [-0.4, -0.2) is 44.8 Å². The van der Waals surface area contributed by atoms with Gasteiger partial charge in [-0.1, -0.05) is 13.8 Å². The topological polar surface area (TPSA) is 84.2 Å². The van der Waals surface area contributed by atoms with Crippen LogP contribution >= 0.6 is 11.8 Å². The molecule has 0 aliphatic rings. The Bertz CT molecular complexity index is 484. The van der Waals surface area contributed by atoms with E-state index in [0.29, 0.717) is 23.9 Å². The van der Waals surface area contributed by atoms with Gasteiger partial charge in [-0.15, -0.1) is 11.8 Å². The molecule has 0 aromatic carbocycles. The van der Waals surface area contributed by atoms with Crippen molar-refractivity contribution in [1.82, 2.24) is 15.1 Å². The zero-order chi connectivity index (χ0) is 15.8. The van der Waals surface area contributed by atoms with Crippen LogP contribution in [0.25, 0.3) is 0 Å². The number of thioether (sulfide) groups is 1. The minimum Gasteiger partial charge on any atom is -0.481 e. The summed E-state index contributed by atoms with van der Waals surface area (Å²) < 4.78 is 1.91. The fourth-order valence-corrected chi connectivity index (χ4v) is 2.71. The smallest absolute Gasteiger partial charge is 0.313 e. The lowest BCUT2D eigenvalue weighted by Crippen LogP contribution is -2.26. The van der Waals surface area contributed by atoms with Crippen molar-refractivity contribution in [3.63, 3.8) is 0 Å². The molecule has 0 bridgehead atoms. The molecule has 118 valence electrons. The number of aliphatic carboxylic acids is 1. The number of carboxylic acids is 1. The summed E-state index contributed by atoms with van der Waals surface area (Å²) in [4.78, 5) is 22.5. The first-order chi connectivity index (χ1) is 10.0. The number of hydrogen-bond donors (Lipinski definition) is 2. The third-order valence-electron chi connectivity index (χ3n) is 3.34. The van der Waals surface area contributed by atoms with E-state index >= 15 is 0 Å². The summed E-state index contributed by atoms with van der Waals surface area (Å²) in [5.74, 6) is -0.353. The number of nitrogens with zero attached hydrogens (tertiary/aromatic N) is 2. The van der Waals surface area contributed by atoms with Crippen molar-refractivity contribution in [3.8, 4) is 0 Å². The number of carboxylic acid groups (broad SMARTS) is 1. The van der Waals surface area contributed by atoms with Crippen molar-refractivity contribution in [2.75, 3.05) is 18.1 Å². The first-order valence-electron chi connectivity index (χ1n) is 7.13. The van der Waals surface area contributed by atoms with Gasteiger partial charge in [0.25, 0.3) is 5.91 Å². The Hall–Kier alpha value is -1.50. The van der Waals surface area contributed by atoms with Gasteiger partial charge in [0.1, 0.15) is 0 Å². The van der Waals surface area contributed by atoms with E-state index in [4.69, 9.17) is 5.11 Å². The Labute approximate surface area is 129 Å². The highest BCUT2D eigenvalue weighted by molar-refractivity contribution is 7.99. The number of hydrogen-bond acceptors (Lipinski definition) is 4. The zero-order valence-corrected chi connectivity index (χ0v) is 13.6. The van der Waals surface area contributed by atoms with Crippen LogP contribution in [0.2, 0.25) is 0 Å². The second-order valence-electron chi connectivity index (χ2n) is 4.76. The zero-order valence-electron chi connectivity index (χ0n) is 12.8. The summed E-state index contributed by atoms with van der Waals surface area (Å²) in [7, 11) is 0. The van der Waals surface area contributed by atoms with E-state index in [9.17, 15) is 9.59 Å². The SMILES string of the molecule is CCC(CC)n1ncc(C(=O)NCCSCC(=O)O)c1C. The third kappa shape index (κ3) is 5.08. The first kappa shape index (κ1) is 17.6. The molecule has 21 heavy (non-hydrogen) atoms. The van der Waals surface area contributed by atoms with Crippen LogP contribution in [0.1, 0.15) is 48.8 Å². The Morgan fingerprint density at radius 1 is 1.43 bits per heavy atom. The average molecular weight is 313 g/mol. The maximum Gasteiger partial charge on any atom is 0.313 e. The molecule has 1 rings (SSSR count). The highest BCUT2D eigenvalue weighted by Crippen LogP contribution is 2.19. The molecule has 1 amide bonds. The number of carbonyl (C=O) groups excluding carboxylic acids is 1. The molecule has 0 saturated heterocycles. The molecular formula is C14H23N3O3S. The van der Waals surface area contributed by atoms with E-state index in [1.807, 2.05) is 11.6 Å².